The molecule has 0 radical (unpaired) electrons. The second-order valence-electron chi connectivity index (χ2n) is 5.26. The van der Waals surface area contributed by atoms with Gasteiger partial charge in [-0.05, 0) is 60.8 Å². The molecule has 1 aliphatic heterocycles. The second-order valence-corrected chi connectivity index (χ2v) is 6.12. The Hall–Kier alpha value is -0.750. The Kier molecular flexibility index (Phi) is 4.64. The van der Waals surface area contributed by atoms with Gasteiger partial charge in [0.25, 0.3) is 0 Å². The van der Waals surface area contributed by atoms with Crippen molar-refractivity contribution in [3.63, 3.8) is 0 Å². The summed E-state index contributed by atoms with van der Waals surface area (Å²) in [5, 5.41) is 3.20. The zero-order valence-corrected chi connectivity index (χ0v) is 12.9. The van der Waals surface area contributed by atoms with Gasteiger partial charge < -0.3 is 10.1 Å². The number of anilines is 1. The second kappa shape index (κ2) is 5.93. The summed E-state index contributed by atoms with van der Waals surface area (Å²) < 4.78 is 44.5. The van der Waals surface area contributed by atoms with E-state index in [1.807, 2.05) is 13.8 Å². The summed E-state index contributed by atoms with van der Waals surface area (Å²) in [7, 11) is 0. The molecule has 112 valence electrons. The van der Waals surface area contributed by atoms with Crippen molar-refractivity contribution in [1.82, 2.24) is 0 Å². The van der Waals surface area contributed by atoms with Crippen LogP contribution in [-0.4, -0.2) is 18.2 Å². The summed E-state index contributed by atoms with van der Waals surface area (Å²) >= 11 is 3.29. The molecule has 0 aromatic heterocycles. The van der Waals surface area contributed by atoms with Gasteiger partial charge in [-0.15, -0.1) is 0 Å². The molecule has 2 nitrogen and oxygen atoms in total. The molecule has 1 aromatic carbocycles. The predicted octanol–water partition coefficient (Wildman–Crippen LogP) is 4.84. The molecule has 1 fully saturated rings. The van der Waals surface area contributed by atoms with Crippen LogP contribution in [0.5, 0.6) is 0 Å². The van der Waals surface area contributed by atoms with E-state index < -0.39 is 11.7 Å². The Morgan fingerprint density at radius 2 is 1.80 bits per heavy atom. The molecule has 0 spiro atoms. The average Bonchev–Trinajstić information content (AvgIpc) is 2.29. The van der Waals surface area contributed by atoms with Gasteiger partial charge in [0.15, 0.2) is 0 Å². The van der Waals surface area contributed by atoms with Crippen LogP contribution in [0.4, 0.5) is 18.9 Å². The normalized spacial score (nSPS) is 27.4. The highest BCUT2D eigenvalue weighted by atomic mass is 79.9. The van der Waals surface area contributed by atoms with E-state index in [1.165, 1.54) is 6.07 Å². The van der Waals surface area contributed by atoms with Gasteiger partial charge in [0.1, 0.15) is 0 Å². The smallest absolute Gasteiger partial charge is 0.381 e. The third-order valence-electron chi connectivity index (χ3n) is 3.35. The van der Waals surface area contributed by atoms with Crippen LogP contribution in [0.1, 0.15) is 32.3 Å². The Bertz CT molecular complexity index is 468. The van der Waals surface area contributed by atoms with Gasteiger partial charge in [0.05, 0.1) is 17.8 Å². The maximum Gasteiger partial charge on any atom is 0.416 e. The van der Waals surface area contributed by atoms with Crippen LogP contribution in [0, 0.1) is 0 Å². The van der Waals surface area contributed by atoms with E-state index in [0.717, 1.165) is 25.0 Å². The third-order valence-corrected chi connectivity index (χ3v) is 4.04. The molecule has 1 aliphatic rings. The zero-order valence-electron chi connectivity index (χ0n) is 11.3. The summed E-state index contributed by atoms with van der Waals surface area (Å²) in [5.74, 6) is 0. The number of halogens is 4. The molecule has 0 amide bonds. The molecular formula is C14H17BrF3NO. The largest absolute Gasteiger partial charge is 0.416 e. The van der Waals surface area contributed by atoms with Crippen LogP contribution >= 0.6 is 15.9 Å². The van der Waals surface area contributed by atoms with Crippen molar-refractivity contribution in [1.29, 1.82) is 0 Å². The number of benzene rings is 1. The molecule has 1 N–H and O–H groups in total. The summed E-state index contributed by atoms with van der Waals surface area (Å²) in [6.07, 6.45) is -2.53. The summed E-state index contributed by atoms with van der Waals surface area (Å²) in [6, 6.07) is 3.77. The van der Waals surface area contributed by atoms with E-state index in [4.69, 9.17) is 4.74 Å². The van der Waals surface area contributed by atoms with Crippen LogP contribution in [0.15, 0.2) is 22.7 Å². The maximum absolute atomic E-state index is 12.7. The monoisotopic (exact) mass is 351 g/mol. The number of hydrogen-bond donors (Lipinski definition) is 1. The van der Waals surface area contributed by atoms with E-state index >= 15 is 0 Å². The Balaban J connectivity index is 2.16. The first-order valence-corrected chi connectivity index (χ1v) is 7.33. The predicted molar refractivity (Wildman–Crippen MR) is 75.8 cm³/mol. The van der Waals surface area contributed by atoms with Crippen molar-refractivity contribution in [2.45, 2.75) is 51.1 Å². The minimum absolute atomic E-state index is 0.112. The molecular weight excluding hydrogens is 335 g/mol. The van der Waals surface area contributed by atoms with E-state index in [1.54, 1.807) is 0 Å². The van der Waals surface area contributed by atoms with Gasteiger partial charge in [0.2, 0.25) is 0 Å². The van der Waals surface area contributed by atoms with Gasteiger partial charge in [-0.3, -0.25) is 0 Å². The van der Waals surface area contributed by atoms with Crippen LogP contribution < -0.4 is 5.32 Å². The number of alkyl halides is 3. The minimum Gasteiger partial charge on any atom is -0.381 e. The minimum atomic E-state index is -4.33. The lowest BCUT2D eigenvalue weighted by Crippen LogP contribution is -2.37. The van der Waals surface area contributed by atoms with Crippen LogP contribution in [0.3, 0.4) is 0 Å². The van der Waals surface area contributed by atoms with Gasteiger partial charge in [-0.25, -0.2) is 0 Å². The van der Waals surface area contributed by atoms with Gasteiger partial charge in [-0.2, -0.15) is 13.2 Å². The van der Waals surface area contributed by atoms with E-state index in [2.05, 4.69) is 21.2 Å². The summed E-state index contributed by atoms with van der Waals surface area (Å²) in [5.41, 5.74) is -0.164. The standard InChI is InChI=1S/C14H17BrF3NO/c1-8-5-11(6-9(2)20-8)19-13-7-10(14(16,17)18)3-4-12(13)15/h3-4,7-9,11,19H,5-6H2,1-2H3. The molecule has 2 rings (SSSR count). The average molecular weight is 352 g/mol. The lowest BCUT2D eigenvalue weighted by molar-refractivity contribution is -0.137. The maximum atomic E-state index is 12.7. The highest BCUT2D eigenvalue weighted by Crippen LogP contribution is 2.35. The first-order valence-electron chi connectivity index (χ1n) is 6.54. The number of hydrogen-bond acceptors (Lipinski definition) is 2. The van der Waals surface area contributed by atoms with Gasteiger partial charge >= 0.3 is 6.18 Å². The fourth-order valence-electron chi connectivity index (χ4n) is 2.56. The molecule has 20 heavy (non-hydrogen) atoms. The van der Waals surface area contributed by atoms with Crippen LogP contribution in [0.2, 0.25) is 0 Å². The van der Waals surface area contributed by atoms with Crippen molar-refractivity contribution in [2.24, 2.45) is 0 Å². The van der Waals surface area contributed by atoms with Crippen molar-refractivity contribution in [3.05, 3.63) is 28.2 Å². The first kappa shape index (κ1) is 15.6. The number of rotatable bonds is 2. The molecule has 0 aliphatic carbocycles. The first-order chi connectivity index (χ1) is 9.25. The lowest BCUT2D eigenvalue weighted by atomic mass is 9.99. The molecule has 1 saturated heterocycles. The molecule has 2 atom stereocenters. The van der Waals surface area contributed by atoms with Crippen molar-refractivity contribution in [2.75, 3.05) is 5.32 Å². The Morgan fingerprint density at radius 3 is 2.35 bits per heavy atom. The third kappa shape index (κ3) is 3.88. The SMILES string of the molecule is CC1CC(Nc2cc(C(F)(F)F)ccc2Br)CC(C)O1. The fraction of sp³-hybridized carbons (Fsp3) is 0.571. The topological polar surface area (TPSA) is 21.3 Å². The van der Waals surface area contributed by atoms with E-state index in [-0.39, 0.29) is 18.2 Å². The zero-order chi connectivity index (χ0) is 14.9. The van der Waals surface area contributed by atoms with Crippen molar-refractivity contribution >= 4 is 21.6 Å². The molecule has 2 unspecified atom stereocenters. The molecule has 0 bridgehead atoms. The summed E-state index contributed by atoms with van der Waals surface area (Å²) in [6.45, 7) is 3.96. The molecule has 0 saturated carbocycles. The lowest BCUT2D eigenvalue weighted by Gasteiger charge is -2.33. The van der Waals surface area contributed by atoms with E-state index in [0.29, 0.717) is 10.2 Å². The van der Waals surface area contributed by atoms with Crippen molar-refractivity contribution < 1.29 is 17.9 Å². The van der Waals surface area contributed by atoms with Gasteiger partial charge in [-0.1, -0.05) is 0 Å². The van der Waals surface area contributed by atoms with Crippen molar-refractivity contribution in [3.8, 4) is 0 Å². The van der Waals surface area contributed by atoms with Gasteiger partial charge in [0, 0.05) is 16.2 Å². The quantitative estimate of drug-likeness (QED) is 0.823. The fourth-order valence-corrected chi connectivity index (χ4v) is 2.92. The Morgan fingerprint density at radius 1 is 1.20 bits per heavy atom. The number of nitrogens with one attached hydrogen (secondary N) is 1. The molecule has 1 aromatic rings. The van der Waals surface area contributed by atoms with Crippen LogP contribution in [0.25, 0.3) is 0 Å². The molecule has 6 heteroatoms. The highest BCUT2D eigenvalue weighted by Gasteiger charge is 2.31. The molecule has 1 heterocycles. The summed E-state index contributed by atoms with van der Waals surface area (Å²) in [4.78, 5) is 0. The highest BCUT2D eigenvalue weighted by molar-refractivity contribution is 9.10. The number of ether oxygens (including phenoxy) is 1. The van der Waals surface area contributed by atoms with Crippen LogP contribution in [-0.2, 0) is 10.9 Å². The van der Waals surface area contributed by atoms with E-state index in [9.17, 15) is 13.2 Å². The Labute approximate surface area is 124 Å².